The van der Waals surface area contributed by atoms with Crippen molar-refractivity contribution in [3.63, 3.8) is 0 Å². The van der Waals surface area contributed by atoms with E-state index in [0.29, 0.717) is 17.7 Å². The summed E-state index contributed by atoms with van der Waals surface area (Å²) in [5.41, 5.74) is -0.835. The zero-order chi connectivity index (χ0) is 17.0. The Hall–Kier alpha value is -1.20. The molecular formula is C18H22BrNO3. The van der Waals surface area contributed by atoms with E-state index in [1.807, 2.05) is 26.8 Å². The quantitative estimate of drug-likeness (QED) is 0.782. The minimum atomic E-state index is -1.76. The molecule has 0 bridgehead atoms. The van der Waals surface area contributed by atoms with Crippen LogP contribution in [-0.2, 0) is 15.2 Å². The molecule has 1 aromatic carbocycles. The van der Waals surface area contributed by atoms with E-state index in [0.717, 1.165) is 17.3 Å². The van der Waals surface area contributed by atoms with Crippen molar-refractivity contribution in [2.45, 2.75) is 45.6 Å². The lowest BCUT2D eigenvalue weighted by atomic mass is 9.63. The molecule has 23 heavy (non-hydrogen) atoms. The van der Waals surface area contributed by atoms with Crippen molar-refractivity contribution < 1.29 is 14.7 Å². The van der Waals surface area contributed by atoms with E-state index in [4.69, 9.17) is 0 Å². The predicted octanol–water partition coefficient (Wildman–Crippen LogP) is 3.62. The number of hydrogen-bond donors (Lipinski definition) is 2. The minimum absolute atomic E-state index is 0.00854. The summed E-state index contributed by atoms with van der Waals surface area (Å²) in [5.74, 6) is -1.29. The van der Waals surface area contributed by atoms with Crippen LogP contribution in [0.1, 0.15) is 45.6 Å². The zero-order valence-corrected chi connectivity index (χ0v) is 15.2. The molecule has 3 unspecified atom stereocenters. The van der Waals surface area contributed by atoms with Gasteiger partial charge in [0.05, 0.1) is 5.92 Å². The molecular weight excluding hydrogens is 358 g/mol. The van der Waals surface area contributed by atoms with Crippen molar-refractivity contribution >= 4 is 33.3 Å². The molecule has 1 fully saturated rings. The second-order valence-corrected chi connectivity index (χ2v) is 8.63. The van der Waals surface area contributed by atoms with Gasteiger partial charge in [-0.05, 0) is 36.5 Å². The van der Waals surface area contributed by atoms with Crippen LogP contribution < -0.4 is 5.32 Å². The lowest BCUT2D eigenvalue weighted by Gasteiger charge is -2.40. The van der Waals surface area contributed by atoms with Crippen molar-refractivity contribution in [1.82, 2.24) is 0 Å². The minimum Gasteiger partial charge on any atom is -0.375 e. The van der Waals surface area contributed by atoms with Gasteiger partial charge in [-0.2, -0.15) is 0 Å². The van der Waals surface area contributed by atoms with Crippen molar-refractivity contribution in [3.05, 3.63) is 28.2 Å². The number of amides is 1. The number of halogens is 1. The Kier molecular flexibility index (Phi) is 3.92. The zero-order valence-electron chi connectivity index (χ0n) is 13.6. The van der Waals surface area contributed by atoms with Gasteiger partial charge in [0.25, 0.3) is 5.91 Å². The number of ketones is 1. The molecule has 1 aliphatic heterocycles. The third-order valence-electron chi connectivity index (χ3n) is 5.21. The highest BCUT2D eigenvalue weighted by molar-refractivity contribution is 9.10. The number of nitrogens with one attached hydrogen (secondary N) is 1. The van der Waals surface area contributed by atoms with Gasteiger partial charge in [0.2, 0.25) is 0 Å². The first kappa shape index (κ1) is 16.7. The number of carbonyl (C=O) groups is 2. The van der Waals surface area contributed by atoms with E-state index in [9.17, 15) is 14.7 Å². The molecule has 3 rings (SSSR count). The number of Topliss-reactive ketones (excluding diaryl/α,β-unsaturated/α-hetero) is 1. The summed E-state index contributed by atoms with van der Waals surface area (Å²) < 4.78 is 0.779. The molecule has 124 valence electrons. The average molecular weight is 380 g/mol. The number of aliphatic hydroxyl groups is 1. The van der Waals surface area contributed by atoms with Crippen molar-refractivity contribution in [2.24, 2.45) is 17.3 Å². The predicted molar refractivity (Wildman–Crippen MR) is 92.0 cm³/mol. The smallest absolute Gasteiger partial charge is 0.261 e. The van der Waals surface area contributed by atoms with Gasteiger partial charge in [-0.15, -0.1) is 0 Å². The van der Waals surface area contributed by atoms with Crippen LogP contribution in [-0.4, -0.2) is 16.8 Å². The van der Waals surface area contributed by atoms with Crippen LogP contribution >= 0.6 is 15.9 Å². The van der Waals surface area contributed by atoms with Gasteiger partial charge in [0.1, 0.15) is 5.78 Å². The molecule has 1 heterocycles. The summed E-state index contributed by atoms with van der Waals surface area (Å²) in [6, 6.07) is 5.30. The van der Waals surface area contributed by atoms with Crippen molar-refractivity contribution in [3.8, 4) is 0 Å². The summed E-state index contributed by atoms with van der Waals surface area (Å²) in [4.78, 5) is 25.6. The highest BCUT2D eigenvalue weighted by Crippen LogP contribution is 2.49. The third-order valence-corrected chi connectivity index (χ3v) is 5.70. The molecule has 2 aliphatic rings. The average Bonchev–Trinajstić information content (AvgIpc) is 2.71. The van der Waals surface area contributed by atoms with Crippen LogP contribution in [0.4, 0.5) is 5.69 Å². The van der Waals surface area contributed by atoms with E-state index in [1.165, 1.54) is 0 Å². The summed E-state index contributed by atoms with van der Waals surface area (Å²) in [6.07, 6.45) is 2.21. The number of carbonyl (C=O) groups excluding carboxylic acids is 2. The first-order valence-electron chi connectivity index (χ1n) is 8.03. The Morgan fingerprint density at radius 2 is 1.96 bits per heavy atom. The largest absolute Gasteiger partial charge is 0.375 e. The van der Waals surface area contributed by atoms with E-state index < -0.39 is 17.4 Å². The van der Waals surface area contributed by atoms with Gasteiger partial charge in [0.15, 0.2) is 5.60 Å². The fourth-order valence-electron chi connectivity index (χ4n) is 3.95. The SMILES string of the molecule is CC(C)(C)C1CCCC(C2(O)C(=O)Nc3ccc(Br)cc32)C1=O. The first-order valence-corrected chi connectivity index (χ1v) is 8.82. The van der Waals surface area contributed by atoms with Gasteiger partial charge in [-0.1, -0.05) is 43.1 Å². The van der Waals surface area contributed by atoms with E-state index >= 15 is 0 Å². The fourth-order valence-corrected chi connectivity index (χ4v) is 4.32. The van der Waals surface area contributed by atoms with Crippen LogP contribution in [0.15, 0.2) is 22.7 Å². The van der Waals surface area contributed by atoms with Crippen LogP contribution in [0.5, 0.6) is 0 Å². The number of anilines is 1. The Bertz CT molecular complexity index is 679. The molecule has 1 aliphatic carbocycles. The van der Waals surface area contributed by atoms with Gasteiger partial charge in [-0.3, -0.25) is 9.59 Å². The maximum absolute atomic E-state index is 13.1. The number of rotatable bonds is 1. The molecule has 1 saturated carbocycles. The molecule has 5 heteroatoms. The maximum Gasteiger partial charge on any atom is 0.261 e. The Balaban J connectivity index is 2.05. The second-order valence-electron chi connectivity index (χ2n) is 7.71. The summed E-state index contributed by atoms with van der Waals surface area (Å²) in [7, 11) is 0. The van der Waals surface area contributed by atoms with E-state index in [1.54, 1.807) is 12.1 Å². The number of fused-ring (bicyclic) bond motifs is 1. The Labute approximate surface area is 144 Å². The number of hydrogen-bond acceptors (Lipinski definition) is 3. The van der Waals surface area contributed by atoms with Crippen LogP contribution in [0, 0.1) is 17.3 Å². The fraction of sp³-hybridized carbons (Fsp3) is 0.556. The van der Waals surface area contributed by atoms with Crippen LogP contribution in [0.2, 0.25) is 0 Å². The van der Waals surface area contributed by atoms with Gasteiger partial charge in [0, 0.05) is 21.6 Å². The second kappa shape index (κ2) is 5.42. The van der Waals surface area contributed by atoms with Gasteiger partial charge in [-0.25, -0.2) is 0 Å². The van der Waals surface area contributed by atoms with Crippen LogP contribution in [0.25, 0.3) is 0 Å². The molecule has 0 radical (unpaired) electrons. The molecule has 0 saturated heterocycles. The monoisotopic (exact) mass is 379 g/mol. The molecule has 1 amide bonds. The molecule has 3 atom stereocenters. The van der Waals surface area contributed by atoms with Gasteiger partial charge >= 0.3 is 0 Å². The van der Waals surface area contributed by atoms with Crippen LogP contribution in [0.3, 0.4) is 0 Å². The Morgan fingerprint density at radius 3 is 2.61 bits per heavy atom. The first-order chi connectivity index (χ1) is 10.7. The lowest BCUT2D eigenvalue weighted by Crippen LogP contribution is -2.50. The maximum atomic E-state index is 13.1. The van der Waals surface area contributed by atoms with Crippen molar-refractivity contribution in [1.29, 1.82) is 0 Å². The summed E-state index contributed by atoms with van der Waals surface area (Å²) in [6.45, 7) is 6.13. The molecule has 1 aromatic rings. The molecule has 4 nitrogen and oxygen atoms in total. The number of benzene rings is 1. The summed E-state index contributed by atoms with van der Waals surface area (Å²) >= 11 is 3.38. The van der Waals surface area contributed by atoms with E-state index in [-0.39, 0.29) is 17.1 Å². The molecule has 2 N–H and O–H groups in total. The molecule has 0 spiro atoms. The normalized spacial score (nSPS) is 31.0. The highest BCUT2D eigenvalue weighted by Gasteiger charge is 2.56. The summed E-state index contributed by atoms with van der Waals surface area (Å²) in [5, 5.41) is 14.0. The third kappa shape index (κ3) is 2.54. The van der Waals surface area contributed by atoms with E-state index in [2.05, 4.69) is 21.2 Å². The Morgan fingerprint density at radius 1 is 1.26 bits per heavy atom. The highest BCUT2D eigenvalue weighted by atomic mass is 79.9. The van der Waals surface area contributed by atoms with Crippen molar-refractivity contribution in [2.75, 3.05) is 5.32 Å². The topological polar surface area (TPSA) is 66.4 Å². The van der Waals surface area contributed by atoms with Gasteiger partial charge < -0.3 is 10.4 Å². The molecule has 0 aromatic heterocycles. The standard InChI is InChI=1S/C18H22BrNO3/c1-17(2,3)11-5-4-6-12(15(11)21)18(23)13-9-10(19)7-8-14(13)20-16(18)22/h7-9,11-12,23H,4-6H2,1-3H3,(H,20,22). The lowest BCUT2D eigenvalue weighted by molar-refractivity contribution is -0.155.